The van der Waals surface area contributed by atoms with Gasteiger partial charge in [-0.2, -0.15) is 15.0 Å². The molecule has 3 aromatic rings. The number of amides is 1. The molecule has 1 aliphatic rings. The zero-order valence-electron chi connectivity index (χ0n) is 13.1. The van der Waals surface area contributed by atoms with Crippen LogP contribution in [0.5, 0.6) is 0 Å². The molecule has 1 aromatic carbocycles. The van der Waals surface area contributed by atoms with Gasteiger partial charge in [-0.25, -0.2) is 4.98 Å². The summed E-state index contributed by atoms with van der Waals surface area (Å²) >= 11 is 0. The van der Waals surface area contributed by atoms with E-state index in [1.807, 2.05) is 42.6 Å². The van der Waals surface area contributed by atoms with Crippen LogP contribution in [0.25, 0.3) is 5.69 Å². The normalized spacial score (nSPS) is 12.8. The molecule has 6 nitrogen and oxygen atoms in total. The van der Waals surface area contributed by atoms with E-state index in [-0.39, 0.29) is 12.3 Å². The molecule has 0 aliphatic heterocycles. The molecule has 0 radical (unpaired) electrons. The largest absolute Gasteiger partial charge is 0.310 e. The molecule has 6 heteroatoms. The number of benzene rings is 1. The van der Waals surface area contributed by atoms with Crippen molar-refractivity contribution < 1.29 is 4.79 Å². The Balaban J connectivity index is 1.42. The first-order valence-electron chi connectivity index (χ1n) is 8.02. The zero-order chi connectivity index (χ0) is 16.4. The molecule has 0 atom stereocenters. The van der Waals surface area contributed by atoms with Crippen molar-refractivity contribution >= 4 is 11.7 Å². The molecular formula is C18H17N5O. The van der Waals surface area contributed by atoms with Crippen LogP contribution in [0, 0.1) is 0 Å². The molecule has 0 spiro atoms. The fourth-order valence-corrected chi connectivity index (χ4v) is 2.93. The highest BCUT2D eigenvalue weighted by molar-refractivity contribution is 5.91. The maximum atomic E-state index is 12.2. The summed E-state index contributed by atoms with van der Waals surface area (Å²) in [5.41, 5.74) is 4.07. The molecule has 24 heavy (non-hydrogen) atoms. The van der Waals surface area contributed by atoms with E-state index in [0.717, 1.165) is 24.9 Å². The molecule has 1 N–H and O–H groups in total. The standard InChI is InChI=1S/C18H17N5O/c24-18(21-17-9-13-5-4-6-14(13)11-19-17)10-15-12-20-23(22-15)16-7-2-1-3-8-16/h1-3,7-9,11-12H,4-6,10H2,(H,19,21,24). The maximum Gasteiger partial charge on any atom is 0.231 e. The zero-order valence-corrected chi connectivity index (χ0v) is 13.1. The van der Waals surface area contributed by atoms with E-state index in [2.05, 4.69) is 20.5 Å². The molecule has 0 fully saturated rings. The lowest BCUT2D eigenvalue weighted by atomic mass is 10.2. The highest BCUT2D eigenvalue weighted by atomic mass is 16.1. The Bertz CT molecular complexity index is 872. The number of nitrogens with zero attached hydrogens (tertiary/aromatic N) is 4. The first-order chi connectivity index (χ1) is 11.8. The Morgan fingerprint density at radius 3 is 2.83 bits per heavy atom. The molecule has 2 aromatic heterocycles. The number of hydrogen-bond acceptors (Lipinski definition) is 4. The predicted octanol–water partition coefficient (Wildman–Crippen LogP) is 2.33. The second-order valence-corrected chi connectivity index (χ2v) is 5.88. The number of aromatic nitrogens is 4. The van der Waals surface area contributed by atoms with Gasteiger partial charge in [0, 0.05) is 6.20 Å². The smallest absolute Gasteiger partial charge is 0.231 e. The minimum atomic E-state index is -0.138. The number of rotatable bonds is 4. The summed E-state index contributed by atoms with van der Waals surface area (Å²) < 4.78 is 0. The summed E-state index contributed by atoms with van der Waals surface area (Å²) in [6, 6.07) is 11.6. The summed E-state index contributed by atoms with van der Waals surface area (Å²) in [5, 5.41) is 11.4. The Morgan fingerprint density at radius 2 is 1.96 bits per heavy atom. The molecule has 2 heterocycles. The predicted molar refractivity (Wildman–Crippen MR) is 90.0 cm³/mol. The van der Waals surface area contributed by atoms with Crippen molar-refractivity contribution in [3.8, 4) is 5.69 Å². The topological polar surface area (TPSA) is 72.7 Å². The van der Waals surface area contributed by atoms with Crippen molar-refractivity contribution in [3.05, 3.63) is 65.6 Å². The fourth-order valence-electron chi connectivity index (χ4n) is 2.93. The SMILES string of the molecule is O=C(Cc1cnn(-c2ccccc2)n1)Nc1cc2c(cn1)CCC2. The van der Waals surface area contributed by atoms with Crippen LogP contribution in [0.1, 0.15) is 23.2 Å². The van der Waals surface area contributed by atoms with Crippen LogP contribution >= 0.6 is 0 Å². The Hall–Kier alpha value is -3.02. The number of hydrogen-bond donors (Lipinski definition) is 1. The lowest BCUT2D eigenvalue weighted by Crippen LogP contribution is -2.16. The number of pyridine rings is 1. The first-order valence-corrected chi connectivity index (χ1v) is 8.02. The van der Waals surface area contributed by atoms with Crippen LogP contribution in [0.15, 0.2) is 48.8 Å². The molecular weight excluding hydrogens is 302 g/mol. The molecule has 0 saturated heterocycles. The third kappa shape index (κ3) is 3.03. The molecule has 4 rings (SSSR count). The van der Waals surface area contributed by atoms with E-state index in [9.17, 15) is 4.79 Å². The second-order valence-electron chi connectivity index (χ2n) is 5.88. The van der Waals surface area contributed by atoms with Crippen LogP contribution in [0.4, 0.5) is 5.82 Å². The second kappa shape index (κ2) is 6.23. The van der Waals surface area contributed by atoms with Crippen LogP contribution in [-0.4, -0.2) is 25.9 Å². The van der Waals surface area contributed by atoms with E-state index < -0.39 is 0 Å². The Labute approximate surface area is 139 Å². The van der Waals surface area contributed by atoms with Crippen LogP contribution < -0.4 is 5.32 Å². The van der Waals surface area contributed by atoms with Crippen LogP contribution in [0.3, 0.4) is 0 Å². The van der Waals surface area contributed by atoms with Gasteiger partial charge in [0.1, 0.15) is 5.82 Å². The summed E-state index contributed by atoms with van der Waals surface area (Å²) in [4.78, 5) is 18.0. The quantitative estimate of drug-likeness (QED) is 0.801. The number of aryl methyl sites for hydroxylation is 2. The van der Waals surface area contributed by atoms with Gasteiger partial charge in [-0.05, 0) is 48.6 Å². The van der Waals surface area contributed by atoms with E-state index in [0.29, 0.717) is 11.5 Å². The average Bonchev–Trinajstić information content (AvgIpc) is 3.24. The summed E-state index contributed by atoms with van der Waals surface area (Å²) in [6.45, 7) is 0. The number of carbonyl (C=O) groups is 1. The van der Waals surface area contributed by atoms with Gasteiger partial charge < -0.3 is 5.32 Å². The molecule has 0 saturated carbocycles. The van der Waals surface area contributed by atoms with Crippen molar-refractivity contribution in [1.29, 1.82) is 0 Å². The van der Waals surface area contributed by atoms with Crippen LogP contribution in [-0.2, 0) is 24.1 Å². The number of nitrogens with one attached hydrogen (secondary N) is 1. The van der Waals surface area contributed by atoms with Gasteiger partial charge in [0.15, 0.2) is 0 Å². The van der Waals surface area contributed by atoms with Gasteiger partial charge in [-0.3, -0.25) is 4.79 Å². The monoisotopic (exact) mass is 319 g/mol. The van der Waals surface area contributed by atoms with Crippen molar-refractivity contribution in [3.63, 3.8) is 0 Å². The number of fused-ring (bicyclic) bond motifs is 1. The number of anilines is 1. The van der Waals surface area contributed by atoms with E-state index in [1.54, 1.807) is 6.20 Å². The van der Waals surface area contributed by atoms with Crippen molar-refractivity contribution in [1.82, 2.24) is 20.0 Å². The summed E-state index contributed by atoms with van der Waals surface area (Å²) in [7, 11) is 0. The lowest BCUT2D eigenvalue weighted by Gasteiger charge is -2.05. The van der Waals surface area contributed by atoms with Crippen LogP contribution in [0.2, 0.25) is 0 Å². The van der Waals surface area contributed by atoms with E-state index >= 15 is 0 Å². The van der Waals surface area contributed by atoms with Gasteiger partial charge in [0.05, 0.1) is 24.0 Å². The molecule has 0 unspecified atom stereocenters. The first kappa shape index (κ1) is 14.6. The van der Waals surface area contributed by atoms with E-state index in [1.165, 1.54) is 15.9 Å². The molecule has 1 amide bonds. The van der Waals surface area contributed by atoms with Crippen molar-refractivity contribution in [2.45, 2.75) is 25.7 Å². The number of carbonyl (C=O) groups excluding carboxylic acids is 1. The van der Waals surface area contributed by atoms with Crippen molar-refractivity contribution in [2.75, 3.05) is 5.32 Å². The summed E-state index contributed by atoms with van der Waals surface area (Å²) in [5.74, 6) is 0.469. The lowest BCUT2D eigenvalue weighted by molar-refractivity contribution is -0.115. The Morgan fingerprint density at radius 1 is 1.12 bits per heavy atom. The summed E-state index contributed by atoms with van der Waals surface area (Å²) in [6.07, 6.45) is 6.96. The third-order valence-electron chi connectivity index (χ3n) is 4.11. The van der Waals surface area contributed by atoms with Gasteiger partial charge in [-0.15, -0.1) is 0 Å². The third-order valence-corrected chi connectivity index (χ3v) is 4.11. The minimum absolute atomic E-state index is 0.138. The molecule has 1 aliphatic carbocycles. The highest BCUT2D eigenvalue weighted by Gasteiger charge is 2.14. The molecule has 120 valence electrons. The molecule has 0 bridgehead atoms. The van der Waals surface area contributed by atoms with E-state index in [4.69, 9.17) is 0 Å². The highest BCUT2D eigenvalue weighted by Crippen LogP contribution is 2.23. The maximum absolute atomic E-state index is 12.2. The fraction of sp³-hybridized carbons (Fsp3) is 0.222. The van der Waals surface area contributed by atoms with Gasteiger partial charge in [-0.1, -0.05) is 18.2 Å². The van der Waals surface area contributed by atoms with Gasteiger partial charge in [0.2, 0.25) is 5.91 Å². The minimum Gasteiger partial charge on any atom is -0.310 e. The van der Waals surface area contributed by atoms with Gasteiger partial charge >= 0.3 is 0 Å². The van der Waals surface area contributed by atoms with Gasteiger partial charge in [0.25, 0.3) is 0 Å². The van der Waals surface area contributed by atoms with Crippen molar-refractivity contribution in [2.24, 2.45) is 0 Å². The average molecular weight is 319 g/mol. The Kier molecular flexibility index (Phi) is 3.78. The number of para-hydroxylation sites is 1.